The number of amides is 1. The molecule has 0 saturated heterocycles. The lowest BCUT2D eigenvalue weighted by molar-refractivity contribution is -0.116. The lowest BCUT2D eigenvalue weighted by Crippen LogP contribution is -2.22. The number of hydrogen-bond donors (Lipinski definition) is 1. The molecule has 0 aliphatic carbocycles. The number of rotatable bonds is 5. The Bertz CT molecular complexity index is 1180. The lowest BCUT2D eigenvalue weighted by atomic mass is 10.2. The maximum atomic E-state index is 13.9. The van der Waals surface area contributed by atoms with Crippen LogP contribution in [0.15, 0.2) is 66.7 Å². The Balaban J connectivity index is 1.40. The first-order chi connectivity index (χ1) is 13.6. The molecule has 0 aliphatic heterocycles. The number of fused-ring (bicyclic) bond motifs is 1. The van der Waals surface area contributed by atoms with Gasteiger partial charge in [-0.2, -0.15) is 0 Å². The highest BCUT2D eigenvalue weighted by Gasteiger charge is 2.08. The molecule has 2 aromatic heterocycles. The second-order valence-electron chi connectivity index (χ2n) is 6.31. The fraction of sp³-hybridized carbons (Fsp3) is 0.0909. The lowest BCUT2D eigenvalue weighted by Gasteiger charge is -2.03. The van der Waals surface area contributed by atoms with Crippen LogP contribution in [0.3, 0.4) is 0 Å². The maximum absolute atomic E-state index is 13.9. The van der Waals surface area contributed by atoms with Crippen LogP contribution in [0, 0.1) is 5.82 Å². The van der Waals surface area contributed by atoms with Gasteiger partial charge in [-0.15, -0.1) is 11.3 Å². The second-order valence-corrected chi connectivity index (χ2v) is 7.42. The summed E-state index contributed by atoms with van der Waals surface area (Å²) in [5.41, 5.74) is 2.50. The predicted octanol–water partition coefficient (Wildman–Crippen LogP) is 4.77. The molecule has 0 saturated carbocycles. The van der Waals surface area contributed by atoms with E-state index < -0.39 is 0 Å². The summed E-state index contributed by atoms with van der Waals surface area (Å²) in [7, 11) is 1.93. The minimum absolute atomic E-state index is 0.201. The summed E-state index contributed by atoms with van der Waals surface area (Å²) in [6, 6.07) is 18.3. The van der Waals surface area contributed by atoms with Gasteiger partial charge in [0, 0.05) is 28.4 Å². The van der Waals surface area contributed by atoms with E-state index in [2.05, 4.69) is 10.3 Å². The zero-order valence-electron chi connectivity index (χ0n) is 15.2. The largest absolute Gasteiger partial charge is 0.345 e. The summed E-state index contributed by atoms with van der Waals surface area (Å²) >= 11 is 1.44. The molecule has 2 heterocycles. The number of nitrogens with zero attached hydrogens (tertiary/aromatic N) is 2. The van der Waals surface area contributed by atoms with E-state index in [-0.39, 0.29) is 11.7 Å². The van der Waals surface area contributed by atoms with Crippen LogP contribution < -0.4 is 5.32 Å². The SMILES string of the molecule is Cn1c(CNC(=O)/C=C/c2ccc(-c3ccccc3F)s2)nc2ccccc21. The van der Waals surface area contributed by atoms with Gasteiger partial charge in [-0.1, -0.05) is 30.3 Å². The molecule has 6 heteroatoms. The number of imidazole rings is 1. The van der Waals surface area contributed by atoms with E-state index in [9.17, 15) is 9.18 Å². The number of aromatic nitrogens is 2. The molecule has 2 aromatic carbocycles. The van der Waals surface area contributed by atoms with Crippen LogP contribution in [0.2, 0.25) is 0 Å². The maximum Gasteiger partial charge on any atom is 0.244 e. The molecule has 4 rings (SSSR count). The molecule has 0 radical (unpaired) electrons. The first-order valence-corrected chi connectivity index (χ1v) is 9.64. The molecule has 0 unspecified atom stereocenters. The monoisotopic (exact) mass is 391 g/mol. The molecular weight excluding hydrogens is 373 g/mol. The molecule has 0 spiro atoms. The smallest absolute Gasteiger partial charge is 0.244 e. The van der Waals surface area contributed by atoms with E-state index >= 15 is 0 Å². The number of halogens is 1. The van der Waals surface area contributed by atoms with Crippen molar-refractivity contribution in [3.05, 3.63) is 83.3 Å². The minimum Gasteiger partial charge on any atom is -0.345 e. The van der Waals surface area contributed by atoms with E-state index in [4.69, 9.17) is 0 Å². The summed E-state index contributed by atoms with van der Waals surface area (Å²) in [5.74, 6) is 0.342. The number of nitrogens with one attached hydrogen (secondary N) is 1. The van der Waals surface area contributed by atoms with Gasteiger partial charge in [0.25, 0.3) is 0 Å². The molecule has 0 aliphatic rings. The Morgan fingerprint density at radius 1 is 1.14 bits per heavy atom. The number of carbonyl (C=O) groups is 1. The summed E-state index contributed by atoms with van der Waals surface area (Å²) in [5, 5.41) is 2.85. The van der Waals surface area contributed by atoms with Crippen molar-refractivity contribution in [1.29, 1.82) is 0 Å². The highest BCUT2D eigenvalue weighted by Crippen LogP contribution is 2.30. The standard InChI is InChI=1S/C22H18FN3OS/c1-26-19-9-5-4-8-18(19)25-21(26)14-24-22(27)13-11-15-10-12-20(28-15)16-6-2-3-7-17(16)23/h2-13H,14H2,1H3,(H,24,27)/b13-11+. The normalized spacial score (nSPS) is 11.4. The molecule has 1 amide bonds. The molecule has 4 aromatic rings. The summed E-state index contributed by atoms with van der Waals surface area (Å²) in [6.45, 7) is 0.346. The van der Waals surface area contributed by atoms with Gasteiger partial charge in [0.2, 0.25) is 5.91 Å². The highest BCUT2D eigenvalue weighted by atomic mass is 32.1. The van der Waals surface area contributed by atoms with E-state index in [0.29, 0.717) is 12.1 Å². The first-order valence-electron chi connectivity index (χ1n) is 8.83. The van der Waals surface area contributed by atoms with E-state index in [1.54, 1.807) is 18.2 Å². The Morgan fingerprint density at radius 3 is 2.75 bits per heavy atom. The van der Waals surface area contributed by atoms with Crippen molar-refractivity contribution in [2.24, 2.45) is 7.05 Å². The van der Waals surface area contributed by atoms with E-state index in [1.165, 1.54) is 23.5 Å². The van der Waals surface area contributed by atoms with Gasteiger partial charge in [0.15, 0.2) is 0 Å². The second kappa shape index (κ2) is 7.78. The molecule has 0 atom stereocenters. The van der Waals surface area contributed by atoms with Crippen molar-refractivity contribution < 1.29 is 9.18 Å². The third-order valence-corrected chi connectivity index (χ3v) is 5.55. The van der Waals surface area contributed by atoms with Crippen molar-refractivity contribution in [3.63, 3.8) is 0 Å². The molecule has 0 fully saturated rings. The van der Waals surface area contributed by atoms with Crippen LogP contribution in [-0.4, -0.2) is 15.5 Å². The van der Waals surface area contributed by atoms with Gasteiger partial charge in [-0.3, -0.25) is 4.79 Å². The van der Waals surface area contributed by atoms with Crippen molar-refractivity contribution >= 4 is 34.4 Å². The molecule has 0 bridgehead atoms. The Labute approximate surface area is 166 Å². The van der Waals surface area contributed by atoms with Gasteiger partial charge in [0.1, 0.15) is 11.6 Å². The summed E-state index contributed by atoms with van der Waals surface area (Å²) in [4.78, 5) is 18.4. The molecule has 28 heavy (non-hydrogen) atoms. The summed E-state index contributed by atoms with van der Waals surface area (Å²) in [6.07, 6.45) is 3.22. The molecular formula is C22H18FN3OS. The third kappa shape index (κ3) is 3.73. The number of aryl methyl sites for hydroxylation is 1. The number of para-hydroxylation sites is 2. The predicted molar refractivity (Wildman–Crippen MR) is 111 cm³/mol. The van der Waals surface area contributed by atoms with Crippen LogP contribution >= 0.6 is 11.3 Å². The van der Waals surface area contributed by atoms with Crippen LogP contribution in [0.4, 0.5) is 4.39 Å². The zero-order valence-corrected chi connectivity index (χ0v) is 16.0. The third-order valence-electron chi connectivity index (χ3n) is 4.47. The van der Waals surface area contributed by atoms with Gasteiger partial charge in [-0.25, -0.2) is 9.37 Å². The molecule has 1 N–H and O–H groups in total. The van der Waals surface area contributed by atoms with E-state index in [1.807, 2.05) is 54.1 Å². The van der Waals surface area contributed by atoms with Crippen molar-refractivity contribution in [2.75, 3.05) is 0 Å². The highest BCUT2D eigenvalue weighted by molar-refractivity contribution is 7.16. The van der Waals surface area contributed by atoms with Crippen molar-refractivity contribution in [1.82, 2.24) is 14.9 Å². The minimum atomic E-state index is -0.250. The Kier molecular flexibility index (Phi) is 5.04. The van der Waals surface area contributed by atoms with Crippen molar-refractivity contribution in [3.8, 4) is 10.4 Å². The first kappa shape index (κ1) is 18.1. The zero-order chi connectivity index (χ0) is 19.5. The Hall–Kier alpha value is -3.25. The number of thiophene rings is 1. The van der Waals surface area contributed by atoms with Crippen LogP contribution in [0.25, 0.3) is 27.6 Å². The van der Waals surface area contributed by atoms with Crippen molar-refractivity contribution in [2.45, 2.75) is 6.54 Å². The fourth-order valence-corrected chi connectivity index (χ4v) is 3.92. The fourth-order valence-electron chi connectivity index (χ4n) is 2.98. The van der Waals surface area contributed by atoms with Gasteiger partial charge in [0.05, 0.1) is 17.6 Å². The van der Waals surface area contributed by atoms with Crippen LogP contribution in [0.1, 0.15) is 10.7 Å². The number of carbonyl (C=O) groups excluding carboxylic acids is 1. The Morgan fingerprint density at radius 2 is 1.93 bits per heavy atom. The van der Waals surface area contributed by atoms with Crippen LogP contribution in [-0.2, 0) is 18.4 Å². The summed E-state index contributed by atoms with van der Waals surface area (Å²) < 4.78 is 15.9. The van der Waals surface area contributed by atoms with Gasteiger partial charge >= 0.3 is 0 Å². The number of hydrogen-bond acceptors (Lipinski definition) is 3. The molecule has 4 nitrogen and oxygen atoms in total. The molecule has 140 valence electrons. The quantitative estimate of drug-likeness (QED) is 0.498. The van der Waals surface area contributed by atoms with Gasteiger partial charge in [-0.05, 0) is 36.4 Å². The topological polar surface area (TPSA) is 46.9 Å². The van der Waals surface area contributed by atoms with E-state index in [0.717, 1.165) is 26.6 Å². The number of benzene rings is 2. The average molecular weight is 391 g/mol. The van der Waals surface area contributed by atoms with Crippen LogP contribution in [0.5, 0.6) is 0 Å². The van der Waals surface area contributed by atoms with Gasteiger partial charge < -0.3 is 9.88 Å². The average Bonchev–Trinajstić information content (AvgIpc) is 3.30.